The molecule has 2 saturated heterocycles. The Balaban J connectivity index is 2.14. The third kappa shape index (κ3) is 5.17. The van der Waals surface area contributed by atoms with Crippen molar-refractivity contribution in [3.63, 3.8) is 0 Å². The van der Waals surface area contributed by atoms with Gasteiger partial charge in [0.1, 0.15) is 17.8 Å². The number of hydrogen-bond acceptors (Lipinski definition) is 14. The molecule has 0 amide bonds. The molecule has 0 aromatic rings. The van der Waals surface area contributed by atoms with Gasteiger partial charge in [-0.05, 0) is 38.5 Å². The first-order chi connectivity index (χ1) is 20.2. The second-order valence-electron chi connectivity index (χ2n) is 12.3. The average molecular weight is 623 g/mol. The van der Waals surface area contributed by atoms with E-state index in [-0.39, 0.29) is 5.57 Å². The molecule has 2 aliphatic carbocycles. The predicted octanol–water partition coefficient (Wildman–Crippen LogP) is 1.00. The van der Waals surface area contributed by atoms with E-state index in [2.05, 4.69) is 0 Å². The Kier molecular flexibility index (Phi) is 8.27. The first kappa shape index (κ1) is 33.1. The summed E-state index contributed by atoms with van der Waals surface area (Å²) in [6.07, 6.45) is -4.30. The van der Waals surface area contributed by atoms with Crippen LogP contribution >= 0.6 is 0 Å². The molecule has 14 nitrogen and oxygen atoms in total. The van der Waals surface area contributed by atoms with E-state index in [0.29, 0.717) is 0 Å². The van der Waals surface area contributed by atoms with Crippen LogP contribution in [0.5, 0.6) is 0 Å². The van der Waals surface area contributed by atoms with Crippen LogP contribution in [0.25, 0.3) is 0 Å². The highest BCUT2D eigenvalue weighted by Gasteiger charge is 2.88. The van der Waals surface area contributed by atoms with Gasteiger partial charge in [-0.3, -0.25) is 24.0 Å². The standard InChI is InChI=1S/C30H38O14/c1-13-12-20-30(29(9,44-30)26(36)43-20)25(42-18(6)35)23-27(7,11-10-19(28(23,8)37)38-14(2)31)24(41-17(5)34)22(40-16(4)33)21(13)39-15(3)32/h10-12,19-25,37H,1-9H3/t19-,20+,21+,22-,23-,24+,25-,27+,28-,29+,30+/m1/s1. The van der Waals surface area contributed by atoms with Crippen LogP contribution in [0, 0.1) is 11.3 Å². The number of ether oxygens (including phenoxy) is 7. The van der Waals surface area contributed by atoms with Crippen molar-refractivity contribution in [3.05, 3.63) is 23.8 Å². The average Bonchev–Trinajstić information content (AvgIpc) is 3.46. The zero-order valence-corrected chi connectivity index (χ0v) is 26.0. The molecule has 0 aromatic carbocycles. The van der Waals surface area contributed by atoms with Gasteiger partial charge in [0.05, 0.1) is 0 Å². The Bertz CT molecular complexity index is 1350. The zero-order chi connectivity index (χ0) is 33.2. The predicted molar refractivity (Wildman–Crippen MR) is 145 cm³/mol. The number of aliphatic hydroxyl groups is 1. The van der Waals surface area contributed by atoms with Gasteiger partial charge in [-0.1, -0.05) is 13.0 Å². The zero-order valence-electron chi connectivity index (χ0n) is 26.0. The van der Waals surface area contributed by atoms with Gasteiger partial charge in [-0.15, -0.1) is 0 Å². The van der Waals surface area contributed by atoms with Crippen LogP contribution in [0.3, 0.4) is 0 Å². The molecule has 1 spiro atoms. The molecular formula is C30H38O14. The van der Waals surface area contributed by atoms with E-state index < -0.39 is 101 Å². The van der Waals surface area contributed by atoms with Crippen LogP contribution in [0.1, 0.15) is 62.3 Å². The van der Waals surface area contributed by atoms with Gasteiger partial charge in [0.25, 0.3) is 0 Å². The van der Waals surface area contributed by atoms with Crippen molar-refractivity contribution in [2.75, 3.05) is 0 Å². The van der Waals surface area contributed by atoms with Gasteiger partial charge in [-0.25, -0.2) is 4.79 Å². The van der Waals surface area contributed by atoms with E-state index >= 15 is 0 Å². The summed E-state index contributed by atoms with van der Waals surface area (Å²) in [4.78, 5) is 75.7. The Morgan fingerprint density at radius 1 is 0.795 bits per heavy atom. The molecule has 0 saturated carbocycles. The minimum Gasteiger partial charge on any atom is -0.459 e. The van der Waals surface area contributed by atoms with E-state index in [1.54, 1.807) is 6.92 Å². The second-order valence-corrected chi connectivity index (χ2v) is 12.3. The van der Waals surface area contributed by atoms with E-state index in [1.807, 2.05) is 0 Å². The molecule has 44 heavy (non-hydrogen) atoms. The number of esters is 6. The summed E-state index contributed by atoms with van der Waals surface area (Å²) in [6, 6.07) is 0. The van der Waals surface area contributed by atoms with Crippen molar-refractivity contribution in [2.24, 2.45) is 11.3 Å². The summed E-state index contributed by atoms with van der Waals surface area (Å²) in [5.74, 6) is -6.17. The van der Waals surface area contributed by atoms with Crippen LogP contribution in [-0.2, 0) is 61.9 Å². The third-order valence-electron chi connectivity index (χ3n) is 8.90. The normalized spacial score (nSPS) is 42.2. The molecule has 4 aliphatic rings. The van der Waals surface area contributed by atoms with Crippen molar-refractivity contribution >= 4 is 35.8 Å². The number of carbonyl (C=O) groups is 6. The van der Waals surface area contributed by atoms with Gasteiger partial charge in [0, 0.05) is 46.0 Å². The summed E-state index contributed by atoms with van der Waals surface area (Å²) in [7, 11) is 0. The van der Waals surface area contributed by atoms with E-state index in [4.69, 9.17) is 33.2 Å². The summed E-state index contributed by atoms with van der Waals surface area (Å²) in [6.45, 7) is 11.5. The van der Waals surface area contributed by atoms with Crippen LogP contribution in [0.15, 0.2) is 23.8 Å². The summed E-state index contributed by atoms with van der Waals surface area (Å²) < 4.78 is 40.4. The quantitative estimate of drug-likeness (QED) is 0.198. The molecule has 2 heterocycles. The first-order valence-electron chi connectivity index (χ1n) is 14.1. The maximum atomic E-state index is 13.2. The molecule has 0 radical (unpaired) electrons. The number of fused-ring (bicyclic) bond motifs is 1. The highest BCUT2D eigenvalue weighted by atomic mass is 16.7. The molecule has 2 fully saturated rings. The van der Waals surface area contributed by atoms with Crippen LogP contribution < -0.4 is 0 Å². The van der Waals surface area contributed by atoms with Crippen LogP contribution in [0.2, 0.25) is 0 Å². The number of carbonyl (C=O) groups excluding carboxylic acids is 6. The minimum atomic E-state index is -2.12. The number of epoxide rings is 1. The van der Waals surface area contributed by atoms with E-state index in [9.17, 15) is 33.9 Å². The first-order valence-corrected chi connectivity index (χ1v) is 14.1. The van der Waals surface area contributed by atoms with E-state index in [1.165, 1.54) is 39.0 Å². The molecule has 1 N–H and O–H groups in total. The SMILES string of the molecule is CC(=O)O[C@@H]1[C@@H](OC(C)=O)C(C)=C[C@@H]2OC(=O)[C@]3(C)O[C@]23[C@H](OC(C)=O)[C@H]2[C@](C)(O)[C@H](OC(C)=O)C=C[C@]2(C)[C@H]1OC(C)=O. The third-order valence-corrected chi connectivity index (χ3v) is 8.90. The van der Waals surface area contributed by atoms with Crippen LogP contribution in [0.4, 0.5) is 0 Å². The molecule has 11 atom stereocenters. The van der Waals surface area contributed by atoms with Crippen molar-refractivity contribution in [2.45, 2.75) is 116 Å². The maximum Gasteiger partial charge on any atom is 0.342 e. The van der Waals surface area contributed by atoms with Gasteiger partial charge < -0.3 is 38.3 Å². The second kappa shape index (κ2) is 11.0. The Hall–Kier alpha value is -3.78. The monoisotopic (exact) mass is 622 g/mol. The summed E-state index contributed by atoms with van der Waals surface area (Å²) in [5, 5.41) is 12.3. The van der Waals surface area contributed by atoms with Crippen molar-refractivity contribution in [3.8, 4) is 0 Å². The molecule has 4 rings (SSSR count). The fraction of sp³-hybridized carbons (Fsp3) is 0.667. The highest BCUT2D eigenvalue weighted by Crippen LogP contribution is 2.65. The lowest BCUT2D eigenvalue weighted by molar-refractivity contribution is -0.233. The molecule has 242 valence electrons. The van der Waals surface area contributed by atoms with Gasteiger partial charge >= 0.3 is 35.8 Å². The van der Waals surface area contributed by atoms with Crippen molar-refractivity contribution < 1.29 is 67.0 Å². The molecule has 0 bridgehead atoms. The largest absolute Gasteiger partial charge is 0.459 e. The fourth-order valence-electron chi connectivity index (χ4n) is 7.16. The molecule has 0 unspecified atom stereocenters. The Morgan fingerprint density at radius 3 is 1.82 bits per heavy atom. The molecule has 2 aliphatic heterocycles. The Labute approximate surface area is 253 Å². The van der Waals surface area contributed by atoms with Gasteiger partial charge in [-0.2, -0.15) is 0 Å². The van der Waals surface area contributed by atoms with Gasteiger partial charge in [0.2, 0.25) is 0 Å². The molecular weight excluding hydrogens is 584 g/mol. The lowest BCUT2D eigenvalue weighted by atomic mass is 9.55. The topological polar surface area (TPSA) is 191 Å². The lowest BCUT2D eigenvalue weighted by Gasteiger charge is -2.56. The summed E-state index contributed by atoms with van der Waals surface area (Å²) >= 11 is 0. The Morgan fingerprint density at radius 2 is 1.32 bits per heavy atom. The minimum absolute atomic E-state index is 0.230. The number of rotatable bonds is 5. The van der Waals surface area contributed by atoms with Crippen LogP contribution in [-0.4, -0.2) is 94.3 Å². The lowest BCUT2D eigenvalue weighted by Crippen LogP contribution is -2.69. The van der Waals surface area contributed by atoms with E-state index in [0.717, 1.165) is 34.6 Å². The van der Waals surface area contributed by atoms with Crippen molar-refractivity contribution in [1.29, 1.82) is 0 Å². The fourth-order valence-corrected chi connectivity index (χ4v) is 7.16. The number of hydrogen-bond donors (Lipinski definition) is 1. The molecule has 0 aromatic heterocycles. The smallest absolute Gasteiger partial charge is 0.342 e. The van der Waals surface area contributed by atoms with Gasteiger partial charge in [0.15, 0.2) is 35.6 Å². The van der Waals surface area contributed by atoms with Crippen molar-refractivity contribution in [1.82, 2.24) is 0 Å². The highest BCUT2D eigenvalue weighted by molar-refractivity contribution is 5.89. The summed E-state index contributed by atoms with van der Waals surface area (Å²) in [5.41, 5.74) is -6.96. The maximum absolute atomic E-state index is 13.2. The molecule has 14 heteroatoms.